The summed E-state index contributed by atoms with van der Waals surface area (Å²) in [6.07, 6.45) is 0. The molecule has 0 amide bonds. The lowest BCUT2D eigenvalue weighted by atomic mass is 9.97. The minimum absolute atomic E-state index is 0.0327. The number of hydrogen-bond donors (Lipinski definition) is 0. The summed E-state index contributed by atoms with van der Waals surface area (Å²) in [4.78, 5) is 11.5. The number of halogens is 1. The first kappa shape index (κ1) is 14.0. The third-order valence-electron chi connectivity index (χ3n) is 1.93. The highest BCUT2D eigenvalue weighted by Crippen LogP contribution is 2.22. The van der Waals surface area contributed by atoms with Gasteiger partial charge in [-0.1, -0.05) is 0 Å². The molecule has 0 radical (unpaired) electrons. The molecule has 94 valence electrons. The Balaban J connectivity index is 2.87. The van der Waals surface area contributed by atoms with Gasteiger partial charge in [0.2, 0.25) is 0 Å². The Bertz CT molecular complexity index is 511. The van der Waals surface area contributed by atoms with Crippen LogP contribution in [-0.2, 0) is 13.8 Å². The number of ether oxygens (including phenoxy) is 1. The van der Waals surface area contributed by atoms with Gasteiger partial charge in [0.15, 0.2) is 0 Å². The SMILES string of the molecule is CC(C)(C)C(=O)Oc1ccc(S(=O)(=O)Cl)cc1. The van der Waals surface area contributed by atoms with Gasteiger partial charge >= 0.3 is 5.97 Å². The van der Waals surface area contributed by atoms with Crippen molar-refractivity contribution < 1.29 is 17.9 Å². The number of benzene rings is 1. The number of carbonyl (C=O) groups excluding carboxylic acids is 1. The Hall–Kier alpha value is -1.07. The van der Waals surface area contributed by atoms with E-state index in [0.717, 1.165) is 0 Å². The average molecular weight is 277 g/mol. The van der Waals surface area contributed by atoms with Crippen LogP contribution in [0.25, 0.3) is 0 Å². The van der Waals surface area contributed by atoms with E-state index in [-0.39, 0.29) is 16.6 Å². The lowest BCUT2D eigenvalue weighted by Crippen LogP contribution is -2.25. The molecule has 0 atom stereocenters. The van der Waals surface area contributed by atoms with Crippen molar-refractivity contribution in [2.75, 3.05) is 0 Å². The second-order valence-corrected chi connectivity index (χ2v) is 7.11. The number of rotatable bonds is 2. The zero-order valence-electron chi connectivity index (χ0n) is 9.73. The molecule has 0 aromatic heterocycles. The maximum Gasteiger partial charge on any atom is 0.316 e. The molecular weight excluding hydrogens is 264 g/mol. The van der Waals surface area contributed by atoms with Gasteiger partial charge in [0.1, 0.15) is 5.75 Å². The molecule has 1 aromatic rings. The van der Waals surface area contributed by atoms with E-state index in [4.69, 9.17) is 15.4 Å². The van der Waals surface area contributed by atoms with Gasteiger partial charge in [-0.15, -0.1) is 0 Å². The maximum absolute atomic E-state index is 11.5. The summed E-state index contributed by atoms with van der Waals surface area (Å²) in [5, 5.41) is 0. The maximum atomic E-state index is 11.5. The van der Waals surface area contributed by atoms with E-state index in [9.17, 15) is 13.2 Å². The fraction of sp³-hybridized carbons (Fsp3) is 0.364. The van der Waals surface area contributed by atoms with Gasteiger partial charge in [-0.05, 0) is 45.0 Å². The molecule has 0 saturated carbocycles. The van der Waals surface area contributed by atoms with Crippen LogP contribution in [0, 0.1) is 5.41 Å². The summed E-state index contributed by atoms with van der Waals surface area (Å²) in [5.74, 6) is -0.104. The van der Waals surface area contributed by atoms with Crippen molar-refractivity contribution in [2.45, 2.75) is 25.7 Å². The summed E-state index contributed by atoms with van der Waals surface area (Å²) in [7, 11) is 1.41. The van der Waals surface area contributed by atoms with Crippen molar-refractivity contribution in [3.05, 3.63) is 24.3 Å². The van der Waals surface area contributed by atoms with Crippen LogP contribution in [0.1, 0.15) is 20.8 Å². The van der Waals surface area contributed by atoms with Crippen LogP contribution < -0.4 is 4.74 Å². The zero-order chi connectivity index (χ0) is 13.3. The third kappa shape index (κ3) is 4.02. The Kier molecular flexibility index (Phi) is 3.84. The van der Waals surface area contributed by atoms with E-state index >= 15 is 0 Å². The molecule has 0 unspecified atom stereocenters. The molecule has 0 spiro atoms. The molecule has 0 aliphatic carbocycles. The highest BCUT2D eigenvalue weighted by Gasteiger charge is 2.23. The molecule has 0 saturated heterocycles. The zero-order valence-corrected chi connectivity index (χ0v) is 11.3. The standard InChI is InChI=1S/C11H13ClO4S/c1-11(2,3)10(13)16-8-4-6-9(7-5-8)17(12,14)15/h4-7H,1-3H3. The first-order valence-corrected chi connectivity index (χ1v) is 7.18. The summed E-state index contributed by atoms with van der Waals surface area (Å²) < 4.78 is 27.0. The van der Waals surface area contributed by atoms with Crippen LogP contribution in [0.2, 0.25) is 0 Å². The van der Waals surface area contributed by atoms with Gasteiger partial charge in [-0.25, -0.2) is 8.42 Å². The van der Waals surface area contributed by atoms with Crippen LogP contribution in [0.4, 0.5) is 0 Å². The molecular formula is C11H13ClO4S. The second kappa shape index (κ2) is 4.66. The summed E-state index contributed by atoms with van der Waals surface area (Å²) in [6.45, 7) is 5.19. The van der Waals surface area contributed by atoms with Crippen molar-refractivity contribution in [3.8, 4) is 5.75 Å². The third-order valence-corrected chi connectivity index (χ3v) is 3.30. The smallest absolute Gasteiger partial charge is 0.316 e. The summed E-state index contributed by atoms with van der Waals surface area (Å²) in [6, 6.07) is 5.35. The predicted octanol–water partition coefficient (Wildman–Crippen LogP) is 2.57. The Morgan fingerprint density at radius 2 is 1.65 bits per heavy atom. The predicted molar refractivity (Wildman–Crippen MR) is 64.6 cm³/mol. The molecule has 17 heavy (non-hydrogen) atoms. The van der Waals surface area contributed by atoms with Crippen molar-refractivity contribution in [1.29, 1.82) is 0 Å². The minimum atomic E-state index is -3.74. The highest BCUT2D eigenvalue weighted by molar-refractivity contribution is 8.13. The molecule has 0 fully saturated rings. The molecule has 1 rings (SSSR count). The van der Waals surface area contributed by atoms with E-state index in [1.807, 2.05) is 0 Å². The Morgan fingerprint density at radius 1 is 1.18 bits per heavy atom. The second-order valence-electron chi connectivity index (χ2n) is 4.55. The van der Waals surface area contributed by atoms with Gasteiger partial charge in [0.05, 0.1) is 10.3 Å². The topological polar surface area (TPSA) is 60.4 Å². The Labute approximate surface area is 105 Å². The van der Waals surface area contributed by atoms with Crippen molar-refractivity contribution in [1.82, 2.24) is 0 Å². The number of esters is 1. The fourth-order valence-electron chi connectivity index (χ4n) is 0.930. The Morgan fingerprint density at radius 3 is 2.00 bits per heavy atom. The average Bonchev–Trinajstić information content (AvgIpc) is 2.15. The first-order chi connectivity index (χ1) is 7.60. The molecule has 0 aliphatic rings. The molecule has 0 aliphatic heterocycles. The van der Waals surface area contributed by atoms with Gasteiger partial charge in [-0.2, -0.15) is 0 Å². The van der Waals surface area contributed by atoms with Crippen molar-refractivity contribution in [2.24, 2.45) is 5.41 Å². The molecule has 0 bridgehead atoms. The molecule has 1 aromatic carbocycles. The van der Waals surface area contributed by atoms with Crippen LogP contribution in [0.3, 0.4) is 0 Å². The van der Waals surface area contributed by atoms with Gasteiger partial charge < -0.3 is 4.74 Å². The quantitative estimate of drug-likeness (QED) is 0.473. The van der Waals surface area contributed by atoms with E-state index in [2.05, 4.69) is 0 Å². The molecule has 4 nitrogen and oxygen atoms in total. The van der Waals surface area contributed by atoms with E-state index in [1.165, 1.54) is 24.3 Å². The van der Waals surface area contributed by atoms with E-state index in [1.54, 1.807) is 20.8 Å². The summed E-state index contributed by atoms with van der Waals surface area (Å²) >= 11 is 0. The molecule has 0 N–H and O–H groups in total. The van der Waals surface area contributed by atoms with Gasteiger partial charge in [0.25, 0.3) is 9.05 Å². The van der Waals surface area contributed by atoms with Crippen LogP contribution in [-0.4, -0.2) is 14.4 Å². The van der Waals surface area contributed by atoms with Gasteiger partial charge in [-0.3, -0.25) is 4.79 Å². The minimum Gasteiger partial charge on any atom is -0.426 e. The highest BCUT2D eigenvalue weighted by atomic mass is 35.7. The largest absolute Gasteiger partial charge is 0.426 e. The van der Waals surface area contributed by atoms with E-state index < -0.39 is 14.5 Å². The van der Waals surface area contributed by atoms with E-state index in [0.29, 0.717) is 0 Å². The summed E-state index contributed by atoms with van der Waals surface area (Å²) in [5.41, 5.74) is -0.614. The lowest BCUT2D eigenvalue weighted by Gasteiger charge is -2.16. The van der Waals surface area contributed by atoms with Crippen LogP contribution >= 0.6 is 10.7 Å². The lowest BCUT2D eigenvalue weighted by molar-refractivity contribution is -0.142. The van der Waals surface area contributed by atoms with Crippen LogP contribution in [0.15, 0.2) is 29.2 Å². The van der Waals surface area contributed by atoms with Gasteiger partial charge in [0, 0.05) is 10.7 Å². The van der Waals surface area contributed by atoms with Crippen molar-refractivity contribution in [3.63, 3.8) is 0 Å². The first-order valence-electron chi connectivity index (χ1n) is 4.88. The molecule has 0 heterocycles. The number of hydrogen-bond acceptors (Lipinski definition) is 4. The van der Waals surface area contributed by atoms with Crippen LogP contribution in [0.5, 0.6) is 5.75 Å². The fourth-order valence-corrected chi connectivity index (χ4v) is 1.70. The van der Waals surface area contributed by atoms with Crippen molar-refractivity contribution >= 4 is 25.7 Å². The monoisotopic (exact) mass is 276 g/mol. The molecule has 6 heteroatoms. The number of carbonyl (C=O) groups is 1. The normalized spacial score (nSPS) is 12.2.